The van der Waals surface area contributed by atoms with Gasteiger partial charge in [-0.2, -0.15) is 0 Å². The number of carbonyl (C=O) groups excluding carboxylic acids is 1. The maximum absolute atomic E-state index is 13.0. The van der Waals surface area contributed by atoms with E-state index in [4.69, 9.17) is 0 Å². The molecule has 0 N–H and O–H groups in total. The summed E-state index contributed by atoms with van der Waals surface area (Å²) < 4.78 is 12.5. The third-order valence-electron chi connectivity index (χ3n) is 2.89. The number of ketones is 1. The third kappa shape index (κ3) is 2.12. The largest absolute Gasteiger partial charge is 0.293 e. The van der Waals surface area contributed by atoms with Crippen LogP contribution in [0.25, 0.3) is 0 Å². The molecule has 15 heavy (non-hydrogen) atoms. The maximum atomic E-state index is 13.0. The van der Waals surface area contributed by atoms with Crippen LogP contribution in [0.3, 0.4) is 0 Å². The lowest BCUT2D eigenvalue weighted by molar-refractivity contribution is 0.0948. The van der Waals surface area contributed by atoms with Gasteiger partial charge in [-0.15, -0.1) is 0 Å². The standard InChI is InChI=1S/C12H12BrFO/c13-12(6-1-2-7-12)11(15)9-4-3-5-10(14)8-9/h3-5,8H,1-2,6-7H2. The first kappa shape index (κ1) is 10.8. The zero-order chi connectivity index (χ0) is 10.9. The molecule has 1 nitrogen and oxygen atoms in total. The van der Waals surface area contributed by atoms with Crippen molar-refractivity contribution >= 4 is 21.7 Å². The smallest absolute Gasteiger partial charge is 0.179 e. The van der Waals surface area contributed by atoms with Crippen molar-refractivity contribution in [3.63, 3.8) is 0 Å². The zero-order valence-electron chi connectivity index (χ0n) is 8.30. The summed E-state index contributed by atoms with van der Waals surface area (Å²) in [5, 5.41) is 0. The van der Waals surface area contributed by atoms with Crippen LogP contribution in [0.1, 0.15) is 36.0 Å². The van der Waals surface area contributed by atoms with E-state index in [1.54, 1.807) is 12.1 Å². The minimum absolute atomic E-state index is 0.0134. The Labute approximate surface area is 96.8 Å². The van der Waals surface area contributed by atoms with Gasteiger partial charge >= 0.3 is 0 Å². The molecule has 0 saturated heterocycles. The van der Waals surface area contributed by atoms with E-state index in [0.717, 1.165) is 25.7 Å². The van der Waals surface area contributed by atoms with Crippen molar-refractivity contribution in [1.82, 2.24) is 0 Å². The second-order valence-corrected chi connectivity index (χ2v) is 5.53. The first-order chi connectivity index (χ1) is 7.12. The number of hydrogen-bond donors (Lipinski definition) is 0. The summed E-state index contributed by atoms with van der Waals surface area (Å²) in [5.41, 5.74) is 0.466. The van der Waals surface area contributed by atoms with Crippen LogP contribution in [-0.4, -0.2) is 10.1 Å². The summed E-state index contributed by atoms with van der Waals surface area (Å²) in [7, 11) is 0. The molecule has 0 spiro atoms. The number of benzene rings is 1. The molecule has 0 aliphatic heterocycles. The number of halogens is 2. The average molecular weight is 271 g/mol. The summed E-state index contributed by atoms with van der Waals surface area (Å²) in [6, 6.07) is 5.91. The molecule has 1 fully saturated rings. The number of rotatable bonds is 2. The monoisotopic (exact) mass is 270 g/mol. The van der Waals surface area contributed by atoms with Crippen molar-refractivity contribution in [3.05, 3.63) is 35.6 Å². The fourth-order valence-corrected chi connectivity index (χ4v) is 2.84. The summed E-state index contributed by atoms with van der Waals surface area (Å²) >= 11 is 3.50. The predicted octanol–water partition coefficient (Wildman–Crippen LogP) is 3.72. The number of Topliss-reactive ketones (excluding diaryl/α,β-unsaturated/α-hetero) is 1. The zero-order valence-corrected chi connectivity index (χ0v) is 9.89. The van der Waals surface area contributed by atoms with Gasteiger partial charge in [-0.3, -0.25) is 4.79 Å². The fraction of sp³-hybridized carbons (Fsp3) is 0.417. The average Bonchev–Trinajstić information content (AvgIpc) is 2.65. The Balaban J connectivity index is 2.27. The molecule has 0 bridgehead atoms. The van der Waals surface area contributed by atoms with Crippen LogP contribution in [0.4, 0.5) is 4.39 Å². The Bertz CT molecular complexity index is 383. The van der Waals surface area contributed by atoms with Gasteiger partial charge in [0.2, 0.25) is 0 Å². The van der Waals surface area contributed by atoms with Crippen molar-refractivity contribution in [2.45, 2.75) is 30.0 Å². The first-order valence-electron chi connectivity index (χ1n) is 5.11. The SMILES string of the molecule is O=C(c1cccc(F)c1)C1(Br)CCCC1. The van der Waals surface area contributed by atoms with Crippen LogP contribution in [0, 0.1) is 5.82 Å². The highest BCUT2D eigenvalue weighted by Gasteiger charge is 2.38. The highest BCUT2D eigenvalue weighted by molar-refractivity contribution is 9.10. The Hall–Kier alpha value is -0.700. The highest BCUT2D eigenvalue weighted by Crippen LogP contribution is 2.40. The topological polar surface area (TPSA) is 17.1 Å². The van der Waals surface area contributed by atoms with E-state index in [9.17, 15) is 9.18 Å². The Morgan fingerprint density at radius 2 is 2.00 bits per heavy atom. The van der Waals surface area contributed by atoms with Crippen molar-refractivity contribution in [2.75, 3.05) is 0 Å². The lowest BCUT2D eigenvalue weighted by Crippen LogP contribution is -2.28. The van der Waals surface area contributed by atoms with E-state index < -0.39 is 4.32 Å². The van der Waals surface area contributed by atoms with Gasteiger partial charge in [0, 0.05) is 5.56 Å². The van der Waals surface area contributed by atoms with Crippen LogP contribution >= 0.6 is 15.9 Å². The Kier molecular flexibility index (Phi) is 2.91. The lowest BCUT2D eigenvalue weighted by Gasteiger charge is -2.19. The van der Waals surface area contributed by atoms with E-state index in [1.807, 2.05) is 0 Å². The summed E-state index contributed by atoms with van der Waals surface area (Å²) in [6.45, 7) is 0. The van der Waals surface area contributed by atoms with Gasteiger partial charge in [-0.05, 0) is 25.0 Å². The molecule has 3 heteroatoms. The molecule has 0 unspecified atom stereocenters. The van der Waals surface area contributed by atoms with E-state index in [2.05, 4.69) is 15.9 Å². The first-order valence-corrected chi connectivity index (χ1v) is 5.90. The van der Waals surface area contributed by atoms with E-state index in [-0.39, 0.29) is 11.6 Å². The normalized spacial score (nSPS) is 19.1. The molecule has 0 atom stereocenters. The molecule has 80 valence electrons. The highest BCUT2D eigenvalue weighted by atomic mass is 79.9. The van der Waals surface area contributed by atoms with Gasteiger partial charge in [-0.1, -0.05) is 40.9 Å². The quantitative estimate of drug-likeness (QED) is 0.592. The van der Waals surface area contributed by atoms with E-state index in [0.29, 0.717) is 5.56 Å². The Morgan fingerprint density at radius 1 is 1.33 bits per heavy atom. The molecule has 0 radical (unpaired) electrons. The van der Waals surface area contributed by atoms with Gasteiger partial charge in [0.1, 0.15) is 5.82 Å². The second-order valence-electron chi connectivity index (χ2n) is 4.01. The van der Waals surface area contributed by atoms with Crippen molar-refractivity contribution in [3.8, 4) is 0 Å². The van der Waals surface area contributed by atoms with E-state index >= 15 is 0 Å². The van der Waals surface area contributed by atoms with Crippen molar-refractivity contribution in [2.24, 2.45) is 0 Å². The molecular weight excluding hydrogens is 259 g/mol. The molecule has 1 aliphatic rings. The maximum Gasteiger partial charge on any atom is 0.179 e. The van der Waals surface area contributed by atoms with Crippen molar-refractivity contribution < 1.29 is 9.18 Å². The molecule has 0 amide bonds. The lowest BCUT2D eigenvalue weighted by atomic mass is 9.96. The van der Waals surface area contributed by atoms with Gasteiger partial charge < -0.3 is 0 Å². The molecular formula is C12H12BrFO. The number of carbonyl (C=O) groups is 1. The molecule has 1 aliphatic carbocycles. The molecule has 0 aromatic heterocycles. The summed E-state index contributed by atoms with van der Waals surface area (Å²) in [6.07, 6.45) is 3.82. The van der Waals surface area contributed by atoms with Crippen LogP contribution in [0.5, 0.6) is 0 Å². The van der Waals surface area contributed by atoms with Gasteiger partial charge in [-0.25, -0.2) is 4.39 Å². The minimum Gasteiger partial charge on any atom is -0.293 e. The minimum atomic E-state index is -0.444. The van der Waals surface area contributed by atoms with Crippen LogP contribution in [0.15, 0.2) is 24.3 Å². The second kappa shape index (κ2) is 4.05. The fourth-order valence-electron chi connectivity index (χ4n) is 2.05. The molecule has 1 aromatic carbocycles. The molecule has 0 heterocycles. The Morgan fingerprint density at radius 3 is 2.60 bits per heavy atom. The van der Waals surface area contributed by atoms with Crippen LogP contribution in [0.2, 0.25) is 0 Å². The number of alkyl halides is 1. The molecule has 1 saturated carbocycles. The van der Waals surface area contributed by atoms with Gasteiger partial charge in [0.15, 0.2) is 5.78 Å². The van der Waals surface area contributed by atoms with E-state index in [1.165, 1.54) is 12.1 Å². The predicted molar refractivity (Wildman–Crippen MR) is 60.9 cm³/mol. The van der Waals surface area contributed by atoms with Crippen LogP contribution in [-0.2, 0) is 0 Å². The summed E-state index contributed by atoms with van der Waals surface area (Å²) in [5.74, 6) is -0.338. The molecule has 2 rings (SSSR count). The molecule has 1 aromatic rings. The van der Waals surface area contributed by atoms with Gasteiger partial charge in [0.05, 0.1) is 4.32 Å². The third-order valence-corrected chi connectivity index (χ3v) is 4.04. The summed E-state index contributed by atoms with van der Waals surface area (Å²) in [4.78, 5) is 12.1. The van der Waals surface area contributed by atoms with Crippen LogP contribution < -0.4 is 0 Å². The number of hydrogen-bond acceptors (Lipinski definition) is 1. The van der Waals surface area contributed by atoms with Gasteiger partial charge in [0.25, 0.3) is 0 Å². The van der Waals surface area contributed by atoms with Crippen molar-refractivity contribution in [1.29, 1.82) is 0 Å².